The summed E-state index contributed by atoms with van der Waals surface area (Å²) in [6, 6.07) is 0. The maximum atomic E-state index is 2.38. The van der Waals surface area contributed by atoms with Crippen molar-refractivity contribution in [3.05, 3.63) is 0 Å². The van der Waals surface area contributed by atoms with E-state index >= 15 is 0 Å². The van der Waals surface area contributed by atoms with Crippen molar-refractivity contribution in [2.75, 3.05) is 0 Å². The summed E-state index contributed by atoms with van der Waals surface area (Å²) in [5.74, 6) is 2.77. The van der Waals surface area contributed by atoms with Gasteiger partial charge in [0.15, 0.2) is 0 Å². The van der Waals surface area contributed by atoms with E-state index in [-0.39, 0.29) is 0 Å². The Balaban J connectivity index is 3.66. The predicted octanol–water partition coefficient (Wildman–Crippen LogP) is 4.49. The van der Waals surface area contributed by atoms with E-state index in [0.717, 1.165) is 17.8 Å². The minimum absolute atomic E-state index is 0.874. The zero-order valence-electron chi connectivity index (χ0n) is 9.56. The maximum absolute atomic E-state index is 2.38. The second-order valence-corrected chi connectivity index (χ2v) is 4.65. The molecule has 0 aliphatic rings. The van der Waals surface area contributed by atoms with Crippen LogP contribution in [0.4, 0.5) is 0 Å². The van der Waals surface area contributed by atoms with E-state index in [1.807, 2.05) is 0 Å². The molecule has 0 heterocycles. The zero-order valence-corrected chi connectivity index (χ0v) is 9.56. The molecule has 0 fully saturated rings. The molecule has 0 saturated carbocycles. The van der Waals surface area contributed by atoms with Crippen molar-refractivity contribution in [1.29, 1.82) is 0 Å². The van der Waals surface area contributed by atoms with Crippen LogP contribution in [-0.4, -0.2) is 0 Å². The lowest BCUT2D eigenvalue weighted by Crippen LogP contribution is -2.08. The summed E-state index contributed by atoms with van der Waals surface area (Å²) in [4.78, 5) is 0. The van der Waals surface area contributed by atoms with Crippen LogP contribution in [0.5, 0.6) is 0 Å². The van der Waals surface area contributed by atoms with Crippen molar-refractivity contribution in [3.63, 3.8) is 0 Å². The number of hydrogen-bond donors (Lipinski definition) is 0. The number of rotatable bonds is 6. The van der Waals surface area contributed by atoms with Gasteiger partial charge in [-0.05, 0) is 30.6 Å². The molecule has 0 spiro atoms. The Kier molecular flexibility index (Phi) is 6.51. The summed E-state index contributed by atoms with van der Waals surface area (Å²) in [6.07, 6.45) is 5.56. The van der Waals surface area contributed by atoms with Gasteiger partial charge in [0, 0.05) is 0 Å². The maximum Gasteiger partial charge on any atom is -0.0412 e. The van der Waals surface area contributed by atoms with E-state index in [2.05, 4.69) is 34.6 Å². The average Bonchev–Trinajstić information content (AvgIpc) is 2.02. The van der Waals surface area contributed by atoms with Gasteiger partial charge < -0.3 is 0 Å². The van der Waals surface area contributed by atoms with Crippen LogP contribution < -0.4 is 0 Å². The highest BCUT2D eigenvalue weighted by molar-refractivity contribution is 4.63. The standard InChI is InChI=1S/C12H26/c1-6-11(5)9-12(7-2)8-10(3)4/h10-12H,6-9H2,1-5H3. The Morgan fingerprint density at radius 1 is 0.833 bits per heavy atom. The molecule has 0 heteroatoms. The monoisotopic (exact) mass is 170 g/mol. The lowest BCUT2D eigenvalue weighted by atomic mass is 9.86. The first-order valence-corrected chi connectivity index (χ1v) is 5.60. The first-order valence-electron chi connectivity index (χ1n) is 5.60. The van der Waals surface area contributed by atoms with Gasteiger partial charge in [0.1, 0.15) is 0 Å². The summed E-state index contributed by atoms with van der Waals surface area (Å²) < 4.78 is 0. The highest BCUT2D eigenvalue weighted by Crippen LogP contribution is 2.24. The zero-order chi connectivity index (χ0) is 9.56. The molecule has 0 aliphatic carbocycles. The predicted molar refractivity (Wildman–Crippen MR) is 57.3 cm³/mol. The molecule has 0 radical (unpaired) electrons. The average molecular weight is 170 g/mol. The lowest BCUT2D eigenvalue weighted by molar-refractivity contribution is 0.320. The van der Waals surface area contributed by atoms with Crippen molar-refractivity contribution < 1.29 is 0 Å². The summed E-state index contributed by atoms with van der Waals surface area (Å²) in [5, 5.41) is 0. The van der Waals surface area contributed by atoms with Crippen LogP contribution in [0.2, 0.25) is 0 Å². The third-order valence-corrected chi connectivity index (χ3v) is 2.81. The molecule has 0 saturated heterocycles. The molecule has 0 nitrogen and oxygen atoms in total. The highest BCUT2D eigenvalue weighted by atomic mass is 14.2. The van der Waals surface area contributed by atoms with Crippen molar-refractivity contribution in [2.45, 2.75) is 60.3 Å². The molecule has 0 aromatic rings. The summed E-state index contributed by atoms with van der Waals surface area (Å²) in [7, 11) is 0. The minimum atomic E-state index is 0.874. The molecule has 0 aromatic carbocycles. The van der Waals surface area contributed by atoms with E-state index in [4.69, 9.17) is 0 Å². The van der Waals surface area contributed by atoms with Crippen LogP contribution in [0, 0.1) is 17.8 Å². The van der Waals surface area contributed by atoms with Crippen molar-refractivity contribution >= 4 is 0 Å². The molecule has 2 unspecified atom stereocenters. The third-order valence-electron chi connectivity index (χ3n) is 2.81. The third kappa shape index (κ3) is 5.62. The molecule has 2 atom stereocenters. The van der Waals surface area contributed by atoms with Gasteiger partial charge in [0.2, 0.25) is 0 Å². The fraction of sp³-hybridized carbons (Fsp3) is 1.00. The van der Waals surface area contributed by atoms with Crippen LogP contribution in [0.3, 0.4) is 0 Å². The van der Waals surface area contributed by atoms with Gasteiger partial charge in [0.05, 0.1) is 0 Å². The largest absolute Gasteiger partial charge is 0.0651 e. The van der Waals surface area contributed by atoms with E-state index in [1.54, 1.807) is 0 Å². The van der Waals surface area contributed by atoms with Crippen LogP contribution in [-0.2, 0) is 0 Å². The first-order chi connectivity index (χ1) is 5.60. The van der Waals surface area contributed by atoms with E-state index < -0.39 is 0 Å². The number of hydrogen-bond acceptors (Lipinski definition) is 0. The van der Waals surface area contributed by atoms with Gasteiger partial charge in [-0.3, -0.25) is 0 Å². The molecule has 12 heavy (non-hydrogen) atoms. The molecule has 0 aromatic heterocycles. The van der Waals surface area contributed by atoms with Crippen molar-refractivity contribution in [3.8, 4) is 0 Å². The van der Waals surface area contributed by atoms with E-state index in [0.29, 0.717) is 0 Å². The van der Waals surface area contributed by atoms with Gasteiger partial charge >= 0.3 is 0 Å². The quantitative estimate of drug-likeness (QED) is 0.551. The minimum Gasteiger partial charge on any atom is -0.0651 e. The fourth-order valence-corrected chi connectivity index (χ4v) is 1.83. The van der Waals surface area contributed by atoms with Crippen LogP contribution in [0.25, 0.3) is 0 Å². The van der Waals surface area contributed by atoms with Crippen molar-refractivity contribution in [2.24, 2.45) is 17.8 Å². The van der Waals surface area contributed by atoms with Crippen LogP contribution in [0.15, 0.2) is 0 Å². The van der Waals surface area contributed by atoms with Gasteiger partial charge in [0.25, 0.3) is 0 Å². The van der Waals surface area contributed by atoms with Gasteiger partial charge in [-0.2, -0.15) is 0 Å². The summed E-state index contributed by atoms with van der Waals surface area (Å²) >= 11 is 0. The molecule has 0 amide bonds. The second kappa shape index (κ2) is 6.51. The molecule has 0 bridgehead atoms. The van der Waals surface area contributed by atoms with E-state index in [1.165, 1.54) is 25.7 Å². The first kappa shape index (κ1) is 12.0. The summed E-state index contributed by atoms with van der Waals surface area (Å²) in [6.45, 7) is 11.7. The van der Waals surface area contributed by atoms with Crippen LogP contribution >= 0.6 is 0 Å². The Morgan fingerprint density at radius 3 is 1.75 bits per heavy atom. The van der Waals surface area contributed by atoms with Crippen LogP contribution in [0.1, 0.15) is 60.3 Å². The lowest BCUT2D eigenvalue weighted by Gasteiger charge is -2.20. The fourth-order valence-electron chi connectivity index (χ4n) is 1.83. The molecular weight excluding hydrogens is 144 g/mol. The van der Waals surface area contributed by atoms with Crippen molar-refractivity contribution in [1.82, 2.24) is 0 Å². The second-order valence-electron chi connectivity index (χ2n) is 4.65. The normalized spacial score (nSPS) is 16.5. The highest BCUT2D eigenvalue weighted by Gasteiger charge is 2.11. The Hall–Kier alpha value is 0. The smallest absolute Gasteiger partial charge is 0.0412 e. The van der Waals surface area contributed by atoms with Gasteiger partial charge in [-0.1, -0.05) is 47.5 Å². The summed E-state index contributed by atoms with van der Waals surface area (Å²) in [5.41, 5.74) is 0. The van der Waals surface area contributed by atoms with Gasteiger partial charge in [-0.15, -0.1) is 0 Å². The van der Waals surface area contributed by atoms with Gasteiger partial charge in [-0.25, -0.2) is 0 Å². The Bertz CT molecular complexity index is 94.2. The topological polar surface area (TPSA) is 0 Å². The molecule has 74 valence electrons. The SMILES string of the molecule is CCC(C)CC(CC)CC(C)C. The molecule has 0 rings (SSSR count). The van der Waals surface area contributed by atoms with E-state index in [9.17, 15) is 0 Å². The Morgan fingerprint density at radius 2 is 1.42 bits per heavy atom. The molecule has 0 N–H and O–H groups in total. The molecule has 0 aliphatic heterocycles. The molecular formula is C12H26. The Labute approximate surface area is 78.8 Å².